The van der Waals surface area contributed by atoms with Gasteiger partial charge in [0.25, 0.3) is 0 Å². The fourth-order valence-corrected chi connectivity index (χ4v) is 4.04. The van der Waals surface area contributed by atoms with E-state index in [1.165, 1.54) is 18.4 Å². The Morgan fingerprint density at radius 2 is 2.00 bits per heavy atom. The van der Waals surface area contributed by atoms with Crippen molar-refractivity contribution >= 4 is 5.52 Å². The molecule has 0 saturated heterocycles. The lowest BCUT2D eigenvalue weighted by atomic mass is 9.77. The van der Waals surface area contributed by atoms with Crippen LogP contribution in [-0.2, 0) is 0 Å². The Labute approximate surface area is 131 Å². The number of imidazole rings is 1. The Hall–Kier alpha value is -1.61. The number of pyridine rings is 1. The first-order valence-electron chi connectivity index (χ1n) is 8.53. The fraction of sp³-hybridized carbons (Fsp3) is 0.526. The van der Waals surface area contributed by atoms with Gasteiger partial charge < -0.3 is 9.51 Å². The molecule has 3 heteroatoms. The number of hydrogen-bond donors (Lipinski definition) is 1. The lowest BCUT2D eigenvalue weighted by Gasteiger charge is -2.31. The molecule has 0 radical (unpaired) electrons. The van der Waals surface area contributed by atoms with Gasteiger partial charge in [0.1, 0.15) is 0 Å². The Morgan fingerprint density at radius 3 is 2.68 bits per heavy atom. The highest BCUT2D eigenvalue weighted by Gasteiger charge is 2.33. The van der Waals surface area contributed by atoms with E-state index in [0.717, 1.165) is 36.8 Å². The van der Waals surface area contributed by atoms with Gasteiger partial charge in [0, 0.05) is 11.8 Å². The maximum Gasteiger partial charge on any atom is 0.0992 e. The predicted molar refractivity (Wildman–Crippen MR) is 87.8 cm³/mol. The van der Waals surface area contributed by atoms with Crippen molar-refractivity contribution < 1.29 is 5.11 Å². The molecule has 22 heavy (non-hydrogen) atoms. The first-order valence-corrected chi connectivity index (χ1v) is 8.53. The summed E-state index contributed by atoms with van der Waals surface area (Å²) in [7, 11) is 0. The zero-order valence-electron chi connectivity index (χ0n) is 13.0. The summed E-state index contributed by atoms with van der Waals surface area (Å²) in [6, 6.07) is 2.19. The van der Waals surface area contributed by atoms with Crippen LogP contribution in [0.3, 0.4) is 0 Å². The summed E-state index contributed by atoms with van der Waals surface area (Å²) in [5.41, 5.74) is 3.58. The molecule has 0 unspecified atom stereocenters. The minimum absolute atomic E-state index is 0.359. The average molecular weight is 296 g/mol. The second-order valence-corrected chi connectivity index (χ2v) is 7.00. The number of allylic oxidation sites excluding steroid dienone is 1. The molecular formula is C19H24N2O. The number of fused-ring (bicyclic) bond motifs is 1. The van der Waals surface area contributed by atoms with E-state index in [4.69, 9.17) is 0 Å². The van der Waals surface area contributed by atoms with Gasteiger partial charge in [-0.1, -0.05) is 6.08 Å². The van der Waals surface area contributed by atoms with E-state index in [1.807, 2.05) is 16.9 Å². The molecule has 2 fully saturated rings. The molecule has 0 spiro atoms. The van der Waals surface area contributed by atoms with Crippen molar-refractivity contribution in [1.82, 2.24) is 9.38 Å². The summed E-state index contributed by atoms with van der Waals surface area (Å²) in [6.45, 7) is 3.92. The first-order chi connectivity index (χ1) is 10.8. The van der Waals surface area contributed by atoms with Gasteiger partial charge in [-0.25, -0.2) is 4.98 Å². The number of aliphatic hydroxyl groups excluding tert-OH is 1. The summed E-state index contributed by atoms with van der Waals surface area (Å²) in [6.07, 6.45) is 14.6. The van der Waals surface area contributed by atoms with E-state index < -0.39 is 0 Å². The molecule has 116 valence electrons. The van der Waals surface area contributed by atoms with Crippen LogP contribution >= 0.6 is 0 Å². The molecule has 2 saturated carbocycles. The van der Waals surface area contributed by atoms with Crippen molar-refractivity contribution in [3.63, 3.8) is 0 Å². The third kappa shape index (κ3) is 2.38. The van der Waals surface area contributed by atoms with Gasteiger partial charge in [-0.3, -0.25) is 0 Å². The highest BCUT2D eigenvalue weighted by molar-refractivity contribution is 5.59. The van der Waals surface area contributed by atoms with E-state index >= 15 is 0 Å². The van der Waals surface area contributed by atoms with Crippen LogP contribution in [0, 0.1) is 11.8 Å². The molecule has 2 aliphatic carbocycles. The minimum atomic E-state index is -0.359. The maximum atomic E-state index is 11.1. The monoisotopic (exact) mass is 296 g/mol. The molecular weight excluding hydrogens is 272 g/mol. The van der Waals surface area contributed by atoms with Crippen LogP contribution in [-0.4, -0.2) is 14.5 Å². The second kappa shape index (κ2) is 5.54. The highest BCUT2D eigenvalue weighted by Crippen LogP contribution is 2.47. The Balaban J connectivity index is 1.68. The van der Waals surface area contributed by atoms with Crippen LogP contribution in [0.5, 0.6) is 0 Å². The number of aromatic nitrogens is 2. The summed E-state index contributed by atoms with van der Waals surface area (Å²) < 4.78 is 2.04. The topological polar surface area (TPSA) is 37.5 Å². The number of hydrogen-bond acceptors (Lipinski definition) is 2. The molecule has 0 aliphatic heterocycles. The quantitative estimate of drug-likeness (QED) is 0.857. The largest absolute Gasteiger partial charge is 0.388 e. The third-order valence-corrected chi connectivity index (χ3v) is 5.58. The molecule has 2 heterocycles. The van der Waals surface area contributed by atoms with E-state index in [-0.39, 0.29) is 6.10 Å². The van der Waals surface area contributed by atoms with Crippen LogP contribution in [0.25, 0.3) is 5.52 Å². The highest BCUT2D eigenvalue weighted by atomic mass is 16.3. The van der Waals surface area contributed by atoms with Crippen molar-refractivity contribution in [2.45, 2.75) is 50.5 Å². The van der Waals surface area contributed by atoms with Crippen molar-refractivity contribution in [2.75, 3.05) is 0 Å². The molecule has 3 nitrogen and oxygen atoms in total. The fourth-order valence-electron chi connectivity index (χ4n) is 4.04. The normalized spacial score (nSPS) is 27.0. The van der Waals surface area contributed by atoms with Crippen molar-refractivity contribution in [2.24, 2.45) is 11.8 Å². The van der Waals surface area contributed by atoms with Gasteiger partial charge in [-0.2, -0.15) is 0 Å². The lowest BCUT2D eigenvalue weighted by Crippen LogP contribution is -2.21. The number of rotatable bonds is 4. The minimum Gasteiger partial charge on any atom is -0.388 e. The first kappa shape index (κ1) is 14.0. The van der Waals surface area contributed by atoms with Crippen LogP contribution < -0.4 is 0 Å². The molecule has 1 atom stereocenters. The Morgan fingerprint density at radius 1 is 1.23 bits per heavy atom. The van der Waals surface area contributed by atoms with Gasteiger partial charge in [-0.05, 0) is 67.9 Å². The van der Waals surface area contributed by atoms with Crippen molar-refractivity contribution in [1.29, 1.82) is 0 Å². The van der Waals surface area contributed by atoms with Crippen LogP contribution in [0.2, 0.25) is 0 Å². The van der Waals surface area contributed by atoms with Gasteiger partial charge in [0.15, 0.2) is 0 Å². The van der Waals surface area contributed by atoms with Gasteiger partial charge >= 0.3 is 0 Å². The molecule has 0 amide bonds. The second-order valence-electron chi connectivity index (χ2n) is 7.00. The average Bonchev–Trinajstić information content (AvgIpc) is 3.30. The van der Waals surface area contributed by atoms with Crippen LogP contribution in [0.1, 0.15) is 61.7 Å². The van der Waals surface area contributed by atoms with Crippen molar-refractivity contribution in [3.8, 4) is 0 Å². The van der Waals surface area contributed by atoms with E-state index in [2.05, 4.69) is 29.9 Å². The van der Waals surface area contributed by atoms with Crippen LogP contribution in [0.4, 0.5) is 0 Å². The maximum absolute atomic E-state index is 11.1. The zero-order chi connectivity index (χ0) is 15.1. The molecule has 4 rings (SSSR count). The van der Waals surface area contributed by atoms with Gasteiger partial charge in [0.2, 0.25) is 0 Å². The molecule has 2 aliphatic rings. The smallest absolute Gasteiger partial charge is 0.0992 e. The summed E-state index contributed by atoms with van der Waals surface area (Å²) in [5, 5.41) is 11.1. The zero-order valence-corrected chi connectivity index (χ0v) is 13.0. The molecule has 2 aromatic heterocycles. The third-order valence-electron chi connectivity index (χ3n) is 5.58. The van der Waals surface area contributed by atoms with Crippen molar-refractivity contribution in [3.05, 3.63) is 48.6 Å². The standard InChI is InChI=1S/C19H24N2O/c1-2-13-3-5-15(6-4-13)19(22)18-16(14-7-8-14)9-10-21-12-20-11-17(18)21/h2,9-15,19,22H,1,3-8H2/t13?,15?,19-/m0/s1. The predicted octanol–water partition coefficient (Wildman–Crippen LogP) is 4.24. The molecule has 0 bridgehead atoms. The van der Waals surface area contributed by atoms with Gasteiger partial charge in [-0.15, -0.1) is 6.58 Å². The Kier molecular flexibility index (Phi) is 3.53. The summed E-state index contributed by atoms with van der Waals surface area (Å²) in [5.74, 6) is 1.65. The van der Waals surface area contributed by atoms with E-state index in [9.17, 15) is 5.11 Å². The molecule has 2 aromatic rings. The number of aliphatic hydroxyl groups is 1. The summed E-state index contributed by atoms with van der Waals surface area (Å²) >= 11 is 0. The van der Waals surface area contributed by atoms with Crippen LogP contribution in [0.15, 0.2) is 37.4 Å². The van der Waals surface area contributed by atoms with E-state index in [1.54, 1.807) is 0 Å². The SMILES string of the molecule is C=CC1CCC([C@H](O)c2c(C3CC3)ccn3cncc23)CC1. The lowest BCUT2D eigenvalue weighted by molar-refractivity contribution is 0.0785. The molecule has 1 N–H and O–H groups in total. The number of nitrogens with zero attached hydrogens (tertiary/aromatic N) is 2. The molecule has 0 aromatic carbocycles. The van der Waals surface area contributed by atoms with Gasteiger partial charge in [0.05, 0.1) is 24.1 Å². The summed E-state index contributed by atoms with van der Waals surface area (Å²) in [4.78, 5) is 4.27. The van der Waals surface area contributed by atoms with E-state index in [0.29, 0.717) is 17.8 Å². The Bertz CT molecular complexity index is 678.